The van der Waals surface area contributed by atoms with Crippen molar-refractivity contribution in [3.05, 3.63) is 130 Å². The summed E-state index contributed by atoms with van der Waals surface area (Å²) in [6.45, 7) is 0.0538. The minimum Gasteiger partial charge on any atom is -0.488 e. The van der Waals surface area contributed by atoms with E-state index in [4.69, 9.17) is 17.0 Å². The Kier molecular flexibility index (Phi) is 7.44. The summed E-state index contributed by atoms with van der Waals surface area (Å²) in [6, 6.07) is 29.5. The van der Waals surface area contributed by atoms with Crippen LogP contribution in [0.1, 0.15) is 11.1 Å². The SMILES string of the molecule is O=C1C(=Cc2ccc(OCc3ccccc3F)c(Br)c2)C(=O)N(c2ccccc2)C(=S)N1c1ccccc1. The molecule has 1 aliphatic heterocycles. The normalized spacial score (nSPS) is 13.6. The molecule has 1 saturated heterocycles. The predicted octanol–water partition coefficient (Wildman–Crippen LogP) is 6.92. The second-order valence-electron chi connectivity index (χ2n) is 8.36. The number of nitrogens with zero attached hydrogens (tertiary/aromatic N) is 2. The number of thiocarbonyl (C=S) groups is 1. The monoisotopic (exact) mass is 586 g/mol. The molecule has 5 nitrogen and oxygen atoms in total. The highest BCUT2D eigenvalue weighted by Gasteiger charge is 2.41. The van der Waals surface area contributed by atoms with Gasteiger partial charge in [-0.15, -0.1) is 0 Å². The number of carbonyl (C=O) groups is 2. The smallest absolute Gasteiger partial charge is 0.270 e. The fraction of sp³-hybridized carbons (Fsp3) is 0.0333. The molecular formula is C30H20BrFN2O3S. The number of hydrogen-bond acceptors (Lipinski definition) is 4. The molecule has 4 aromatic carbocycles. The zero-order valence-electron chi connectivity index (χ0n) is 19.9. The number of carbonyl (C=O) groups excluding carboxylic acids is 2. The van der Waals surface area contributed by atoms with Crippen molar-refractivity contribution in [2.75, 3.05) is 9.80 Å². The average molecular weight is 587 g/mol. The molecule has 1 fully saturated rings. The van der Waals surface area contributed by atoms with E-state index in [1.165, 1.54) is 21.9 Å². The maximum Gasteiger partial charge on any atom is 0.270 e. The Bertz CT molecular complexity index is 1500. The molecule has 2 amide bonds. The summed E-state index contributed by atoms with van der Waals surface area (Å²) >= 11 is 9.11. The second-order valence-corrected chi connectivity index (χ2v) is 9.58. The Morgan fingerprint density at radius 2 is 1.34 bits per heavy atom. The van der Waals surface area contributed by atoms with Gasteiger partial charge in [0.05, 0.1) is 15.8 Å². The molecule has 0 atom stereocenters. The Balaban J connectivity index is 1.49. The van der Waals surface area contributed by atoms with Crippen molar-refractivity contribution in [3.63, 3.8) is 0 Å². The fourth-order valence-corrected chi connectivity index (χ4v) is 4.89. The largest absolute Gasteiger partial charge is 0.488 e. The number of hydrogen-bond donors (Lipinski definition) is 0. The van der Waals surface area contributed by atoms with Crippen LogP contribution in [0, 0.1) is 5.82 Å². The lowest BCUT2D eigenvalue weighted by molar-refractivity contribution is -0.120. The van der Waals surface area contributed by atoms with Crippen LogP contribution in [-0.2, 0) is 16.2 Å². The first kappa shape index (κ1) is 25.5. The van der Waals surface area contributed by atoms with Gasteiger partial charge in [0.1, 0.15) is 23.7 Å². The van der Waals surface area contributed by atoms with Crippen LogP contribution in [0.2, 0.25) is 0 Å². The molecule has 1 aliphatic rings. The van der Waals surface area contributed by atoms with Crippen molar-refractivity contribution in [2.45, 2.75) is 6.61 Å². The maximum atomic E-state index is 13.9. The van der Waals surface area contributed by atoms with Crippen molar-refractivity contribution in [1.82, 2.24) is 0 Å². The van der Waals surface area contributed by atoms with E-state index < -0.39 is 11.8 Å². The van der Waals surface area contributed by atoms with Gasteiger partial charge in [0.15, 0.2) is 5.11 Å². The van der Waals surface area contributed by atoms with Gasteiger partial charge in [-0.05, 0) is 82.3 Å². The standard InChI is InChI=1S/C30H20BrFN2O3S/c31-25-18-20(15-16-27(25)37-19-21-9-7-8-14-26(21)32)17-24-28(35)33(22-10-3-1-4-11-22)30(38)34(29(24)36)23-12-5-2-6-13-23/h1-18H,19H2. The van der Waals surface area contributed by atoms with Gasteiger partial charge in [0.25, 0.3) is 11.8 Å². The summed E-state index contributed by atoms with van der Waals surface area (Å²) in [5.74, 6) is -0.887. The molecule has 188 valence electrons. The van der Waals surface area contributed by atoms with Crippen molar-refractivity contribution in [1.29, 1.82) is 0 Å². The van der Waals surface area contributed by atoms with Gasteiger partial charge >= 0.3 is 0 Å². The second kappa shape index (κ2) is 11.1. The molecule has 8 heteroatoms. The van der Waals surface area contributed by atoms with Crippen molar-refractivity contribution in [3.8, 4) is 5.75 Å². The Hall–Kier alpha value is -4.14. The summed E-state index contributed by atoms with van der Waals surface area (Å²) in [5, 5.41) is 0.0765. The quantitative estimate of drug-likeness (QED) is 0.140. The number of para-hydroxylation sites is 2. The van der Waals surface area contributed by atoms with Crippen LogP contribution in [-0.4, -0.2) is 16.9 Å². The van der Waals surface area contributed by atoms with E-state index in [0.717, 1.165) is 0 Å². The van der Waals surface area contributed by atoms with Crippen LogP contribution in [0.3, 0.4) is 0 Å². The van der Waals surface area contributed by atoms with E-state index in [2.05, 4.69) is 15.9 Å². The van der Waals surface area contributed by atoms with E-state index in [1.54, 1.807) is 84.9 Å². The molecule has 4 aromatic rings. The lowest BCUT2D eigenvalue weighted by Gasteiger charge is -2.36. The number of halogens is 2. The number of benzene rings is 4. The first-order valence-corrected chi connectivity index (χ1v) is 12.8. The molecule has 38 heavy (non-hydrogen) atoms. The van der Waals surface area contributed by atoms with Gasteiger partial charge < -0.3 is 4.74 Å². The minimum atomic E-state index is -0.519. The maximum absolute atomic E-state index is 13.9. The van der Waals surface area contributed by atoms with Gasteiger partial charge in [0.2, 0.25) is 0 Å². The molecule has 0 aliphatic carbocycles. The van der Waals surface area contributed by atoms with E-state index in [0.29, 0.717) is 32.7 Å². The number of rotatable bonds is 6. The summed E-state index contributed by atoms with van der Waals surface area (Å²) < 4.78 is 20.3. The third-order valence-electron chi connectivity index (χ3n) is 5.89. The first-order chi connectivity index (χ1) is 18.4. The highest BCUT2D eigenvalue weighted by molar-refractivity contribution is 9.10. The number of ether oxygens (including phenoxy) is 1. The van der Waals surface area contributed by atoms with Crippen LogP contribution >= 0.6 is 28.1 Å². The lowest BCUT2D eigenvalue weighted by Crippen LogP contribution is -2.56. The van der Waals surface area contributed by atoms with Crippen molar-refractivity contribution >= 4 is 62.5 Å². The zero-order valence-corrected chi connectivity index (χ0v) is 22.3. The van der Waals surface area contributed by atoms with Gasteiger partial charge in [0, 0.05) is 5.56 Å². The molecule has 0 unspecified atom stereocenters. The summed E-state index contributed by atoms with van der Waals surface area (Å²) in [7, 11) is 0. The molecule has 0 saturated carbocycles. The van der Waals surface area contributed by atoms with Crippen LogP contribution in [0.15, 0.2) is 113 Å². The first-order valence-electron chi connectivity index (χ1n) is 11.6. The number of amides is 2. The Morgan fingerprint density at radius 1 is 0.789 bits per heavy atom. The third-order valence-corrected chi connectivity index (χ3v) is 6.87. The molecule has 0 bridgehead atoms. The topological polar surface area (TPSA) is 49.9 Å². The summed E-state index contributed by atoms with van der Waals surface area (Å²) in [5.41, 5.74) is 2.10. The predicted molar refractivity (Wildman–Crippen MR) is 153 cm³/mol. The highest BCUT2D eigenvalue weighted by atomic mass is 79.9. The zero-order chi connectivity index (χ0) is 26.6. The molecule has 0 aromatic heterocycles. The van der Waals surface area contributed by atoms with E-state index >= 15 is 0 Å². The van der Waals surface area contributed by atoms with Gasteiger partial charge in [-0.1, -0.05) is 60.7 Å². The minimum absolute atomic E-state index is 0.0433. The molecule has 0 N–H and O–H groups in total. The van der Waals surface area contributed by atoms with E-state index in [1.807, 2.05) is 12.1 Å². The molecule has 0 radical (unpaired) electrons. The van der Waals surface area contributed by atoms with Crippen molar-refractivity contribution < 1.29 is 18.7 Å². The van der Waals surface area contributed by atoms with Crippen LogP contribution in [0.5, 0.6) is 5.75 Å². The average Bonchev–Trinajstić information content (AvgIpc) is 2.93. The van der Waals surface area contributed by atoms with E-state index in [-0.39, 0.29) is 23.1 Å². The fourth-order valence-electron chi connectivity index (χ4n) is 4.00. The summed E-state index contributed by atoms with van der Waals surface area (Å²) in [4.78, 5) is 30.0. The van der Waals surface area contributed by atoms with E-state index in [9.17, 15) is 14.0 Å². The summed E-state index contributed by atoms with van der Waals surface area (Å²) in [6.07, 6.45) is 1.53. The van der Waals surface area contributed by atoms with Crippen LogP contribution in [0.4, 0.5) is 15.8 Å². The van der Waals surface area contributed by atoms with Gasteiger partial charge in [-0.3, -0.25) is 19.4 Å². The Labute approximate surface area is 232 Å². The van der Waals surface area contributed by atoms with Crippen LogP contribution in [0.25, 0.3) is 6.08 Å². The molecule has 5 rings (SSSR count). The van der Waals surface area contributed by atoms with Gasteiger partial charge in [-0.2, -0.15) is 0 Å². The van der Waals surface area contributed by atoms with Gasteiger partial charge in [-0.25, -0.2) is 4.39 Å². The molecule has 1 heterocycles. The molecule has 0 spiro atoms. The Morgan fingerprint density at radius 3 is 1.89 bits per heavy atom. The third kappa shape index (κ3) is 5.14. The highest BCUT2D eigenvalue weighted by Crippen LogP contribution is 2.32. The van der Waals surface area contributed by atoms with Crippen molar-refractivity contribution in [2.24, 2.45) is 0 Å². The lowest BCUT2D eigenvalue weighted by atomic mass is 10.0. The molecular weight excluding hydrogens is 567 g/mol. The number of anilines is 2. The van der Waals surface area contributed by atoms with Crippen LogP contribution < -0.4 is 14.5 Å².